The van der Waals surface area contributed by atoms with Gasteiger partial charge in [0.1, 0.15) is 5.92 Å². The van der Waals surface area contributed by atoms with Gasteiger partial charge >= 0.3 is 11.9 Å². The quantitative estimate of drug-likeness (QED) is 0.498. The van der Waals surface area contributed by atoms with Crippen LogP contribution in [-0.4, -0.2) is 31.1 Å². The smallest absolute Gasteiger partial charge is 0.316 e. The summed E-state index contributed by atoms with van der Waals surface area (Å²) >= 11 is 4.59. The van der Waals surface area contributed by atoms with E-state index < -0.39 is 17.9 Å². The first-order chi connectivity index (χ1) is 6.02. The second-order valence-corrected chi connectivity index (χ2v) is 2.73. The van der Waals surface area contributed by atoms with E-state index in [9.17, 15) is 9.59 Å². The van der Waals surface area contributed by atoms with Gasteiger partial charge in [0.05, 0.1) is 25.6 Å². The molecule has 1 atom stereocenters. The van der Waals surface area contributed by atoms with Crippen LogP contribution in [0.3, 0.4) is 0 Å². The predicted octanol–water partition coefficient (Wildman–Crippen LogP) is -0.375. The van der Waals surface area contributed by atoms with E-state index in [1.165, 1.54) is 14.2 Å². The minimum Gasteiger partial charge on any atom is -0.469 e. The predicted molar refractivity (Wildman–Crippen MR) is 48.9 cm³/mol. The van der Waals surface area contributed by atoms with Gasteiger partial charge in [0, 0.05) is 0 Å². The largest absolute Gasteiger partial charge is 0.469 e. The fourth-order valence-electron chi connectivity index (χ4n) is 0.692. The highest BCUT2D eigenvalue weighted by Gasteiger charge is 2.25. The molecule has 0 rings (SSSR count). The maximum atomic E-state index is 11.0. The zero-order valence-electron chi connectivity index (χ0n) is 7.40. The Balaban J connectivity index is 4.35. The van der Waals surface area contributed by atoms with Crippen LogP contribution in [0.2, 0.25) is 0 Å². The Morgan fingerprint density at radius 3 is 2.23 bits per heavy atom. The molecule has 0 aromatic carbocycles. The first-order valence-electron chi connectivity index (χ1n) is 3.46. The van der Waals surface area contributed by atoms with Crippen molar-refractivity contribution < 1.29 is 19.1 Å². The third-order valence-electron chi connectivity index (χ3n) is 1.43. The second kappa shape index (κ2) is 5.47. The molecule has 0 fully saturated rings. The van der Waals surface area contributed by atoms with E-state index in [2.05, 4.69) is 21.7 Å². The number of rotatable bonds is 4. The highest BCUT2D eigenvalue weighted by molar-refractivity contribution is 7.80. The van der Waals surface area contributed by atoms with Crippen molar-refractivity contribution in [3.8, 4) is 0 Å². The number of thiocarbonyl (C=S) groups is 1. The maximum absolute atomic E-state index is 11.0. The molecular weight excluding hydrogens is 194 g/mol. The number of ether oxygens (including phenoxy) is 2. The van der Waals surface area contributed by atoms with Gasteiger partial charge in [-0.25, -0.2) is 0 Å². The van der Waals surface area contributed by atoms with Crippen LogP contribution in [0.1, 0.15) is 6.42 Å². The molecule has 1 unspecified atom stereocenters. The van der Waals surface area contributed by atoms with Gasteiger partial charge in [-0.2, -0.15) is 0 Å². The Labute approximate surface area is 81.2 Å². The lowest BCUT2D eigenvalue weighted by atomic mass is 10.1. The lowest BCUT2D eigenvalue weighted by molar-refractivity contribution is -0.149. The Hall–Kier alpha value is -1.17. The van der Waals surface area contributed by atoms with Crippen LogP contribution < -0.4 is 5.73 Å². The minimum absolute atomic E-state index is 0.0720. The molecule has 0 aliphatic rings. The van der Waals surface area contributed by atoms with Crippen LogP contribution in [-0.2, 0) is 19.1 Å². The highest BCUT2D eigenvalue weighted by Crippen LogP contribution is 2.06. The van der Waals surface area contributed by atoms with E-state index in [-0.39, 0.29) is 11.4 Å². The third kappa shape index (κ3) is 3.84. The van der Waals surface area contributed by atoms with Gasteiger partial charge in [-0.05, 0) is 0 Å². The molecular formula is C7H11NO4S. The number of nitrogens with two attached hydrogens (primary N) is 1. The van der Waals surface area contributed by atoms with E-state index in [1.54, 1.807) is 0 Å². The molecule has 0 aromatic rings. The zero-order valence-corrected chi connectivity index (χ0v) is 8.22. The van der Waals surface area contributed by atoms with Crippen molar-refractivity contribution >= 4 is 29.1 Å². The highest BCUT2D eigenvalue weighted by atomic mass is 32.1. The summed E-state index contributed by atoms with van der Waals surface area (Å²) in [5, 5.41) is 0. The van der Waals surface area contributed by atoms with Crippen LogP contribution in [0.5, 0.6) is 0 Å². The van der Waals surface area contributed by atoms with Crippen molar-refractivity contribution in [3.05, 3.63) is 0 Å². The standard InChI is InChI=1S/C7H11NO4S/c1-11-5(9)3-4(6(8)13)7(10)12-2/h4H,3H2,1-2H3,(H2,8,13). The average Bonchev–Trinajstić information content (AvgIpc) is 2.11. The van der Waals surface area contributed by atoms with Crippen LogP contribution in [0.4, 0.5) is 0 Å². The summed E-state index contributed by atoms with van der Waals surface area (Å²) in [7, 11) is 2.42. The lowest BCUT2D eigenvalue weighted by Gasteiger charge is -2.10. The number of carbonyl (C=O) groups is 2. The van der Waals surface area contributed by atoms with E-state index in [1.807, 2.05) is 0 Å². The summed E-state index contributed by atoms with van der Waals surface area (Å²) < 4.78 is 8.77. The lowest BCUT2D eigenvalue weighted by Crippen LogP contribution is -2.32. The van der Waals surface area contributed by atoms with Gasteiger partial charge in [-0.1, -0.05) is 12.2 Å². The molecule has 0 aromatic heterocycles. The van der Waals surface area contributed by atoms with Crippen molar-refractivity contribution in [2.75, 3.05) is 14.2 Å². The topological polar surface area (TPSA) is 78.6 Å². The third-order valence-corrected chi connectivity index (χ3v) is 1.71. The molecule has 0 bridgehead atoms. The Bertz CT molecular complexity index is 229. The number of hydrogen-bond donors (Lipinski definition) is 1. The number of methoxy groups -OCH3 is 2. The van der Waals surface area contributed by atoms with Crippen molar-refractivity contribution in [1.29, 1.82) is 0 Å². The molecule has 0 spiro atoms. The zero-order chi connectivity index (χ0) is 10.4. The molecule has 5 nitrogen and oxygen atoms in total. The number of esters is 2. The van der Waals surface area contributed by atoms with E-state index >= 15 is 0 Å². The van der Waals surface area contributed by atoms with Crippen molar-refractivity contribution in [1.82, 2.24) is 0 Å². The van der Waals surface area contributed by atoms with E-state index in [4.69, 9.17) is 5.73 Å². The maximum Gasteiger partial charge on any atom is 0.316 e. The molecule has 13 heavy (non-hydrogen) atoms. The normalized spacial score (nSPS) is 11.5. The molecule has 0 aliphatic carbocycles. The molecule has 0 radical (unpaired) electrons. The monoisotopic (exact) mass is 205 g/mol. The van der Waals surface area contributed by atoms with Crippen molar-refractivity contribution in [3.63, 3.8) is 0 Å². The Morgan fingerprint density at radius 1 is 1.38 bits per heavy atom. The molecule has 6 heteroatoms. The fourth-order valence-corrected chi connectivity index (χ4v) is 0.872. The average molecular weight is 205 g/mol. The Kier molecular flexibility index (Phi) is 4.98. The molecule has 74 valence electrons. The first kappa shape index (κ1) is 11.8. The van der Waals surface area contributed by atoms with E-state index in [0.29, 0.717) is 0 Å². The fraction of sp³-hybridized carbons (Fsp3) is 0.571. The summed E-state index contributed by atoms with van der Waals surface area (Å²) in [5.74, 6) is -2.08. The van der Waals surface area contributed by atoms with Crippen molar-refractivity contribution in [2.45, 2.75) is 6.42 Å². The number of carbonyl (C=O) groups excluding carboxylic acids is 2. The summed E-state index contributed by atoms with van der Waals surface area (Å²) in [6, 6.07) is 0. The number of hydrogen-bond acceptors (Lipinski definition) is 5. The van der Waals surface area contributed by atoms with Gasteiger partial charge in [0.15, 0.2) is 0 Å². The molecule has 2 N–H and O–H groups in total. The molecule has 0 saturated heterocycles. The summed E-state index contributed by atoms with van der Waals surface area (Å²) in [4.78, 5) is 21.7. The van der Waals surface area contributed by atoms with E-state index in [0.717, 1.165) is 0 Å². The SMILES string of the molecule is COC(=O)CC(C(=O)OC)C(N)=S. The van der Waals surface area contributed by atoms with Crippen molar-refractivity contribution in [2.24, 2.45) is 11.7 Å². The molecule has 0 heterocycles. The first-order valence-corrected chi connectivity index (χ1v) is 3.87. The van der Waals surface area contributed by atoms with Gasteiger partial charge in [0.25, 0.3) is 0 Å². The van der Waals surface area contributed by atoms with Crippen LogP contribution >= 0.6 is 12.2 Å². The van der Waals surface area contributed by atoms with Gasteiger partial charge < -0.3 is 15.2 Å². The second-order valence-electron chi connectivity index (χ2n) is 2.26. The summed E-state index contributed by atoms with van der Waals surface area (Å²) in [6.07, 6.45) is -0.182. The summed E-state index contributed by atoms with van der Waals surface area (Å²) in [6.45, 7) is 0. The van der Waals surface area contributed by atoms with Crippen LogP contribution in [0.25, 0.3) is 0 Å². The molecule has 0 saturated carbocycles. The summed E-state index contributed by atoms with van der Waals surface area (Å²) in [5.41, 5.74) is 5.24. The van der Waals surface area contributed by atoms with Gasteiger partial charge in [0.2, 0.25) is 0 Å². The molecule has 0 aliphatic heterocycles. The Morgan fingerprint density at radius 2 is 1.92 bits per heavy atom. The minimum atomic E-state index is -0.896. The molecule has 0 amide bonds. The van der Waals surface area contributed by atoms with Gasteiger partial charge in [-0.3, -0.25) is 9.59 Å². The van der Waals surface area contributed by atoms with Crippen LogP contribution in [0, 0.1) is 5.92 Å². The van der Waals surface area contributed by atoms with Crippen LogP contribution in [0.15, 0.2) is 0 Å². The van der Waals surface area contributed by atoms with Gasteiger partial charge in [-0.15, -0.1) is 0 Å².